The first-order valence-electron chi connectivity index (χ1n) is 4.20. The summed E-state index contributed by atoms with van der Waals surface area (Å²) in [6.45, 7) is 0. The van der Waals surface area contributed by atoms with Crippen molar-refractivity contribution in [2.24, 2.45) is 0 Å². The Bertz CT molecular complexity index is 394. The van der Waals surface area contributed by atoms with E-state index in [1.54, 1.807) is 17.5 Å². The van der Waals surface area contributed by atoms with Gasteiger partial charge < -0.3 is 9.52 Å². The number of furan rings is 1. The molecule has 4 heteroatoms. The fraction of sp³-hybridized carbons (Fsp3) is 0.200. The molecule has 0 aliphatic rings. The minimum absolute atomic E-state index is 0.310. The average molecular weight is 212 g/mol. The van der Waals surface area contributed by atoms with Crippen molar-refractivity contribution in [3.63, 3.8) is 0 Å². The van der Waals surface area contributed by atoms with E-state index in [4.69, 9.17) is 4.42 Å². The number of aliphatic hydroxyl groups is 1. The Morgan fingerprint density at radius 3 is 2.93 bits per heavy atom. The monoisotopic (exact) mass is 212 g/mol. The lowest BCUT2D eigenvalue weighted by Crippen LogP contribution is -2.00. The van der Waals surface area contributed by atoms with Crippen molar-refractivity contribution in [1.82, 2.24) is 0 Å². The van der Waals surface area contributed by atoms with E-state index in [1.165, 1.54) is 23.7 Å². The summed E-state index contributed by atoms with van der Waals surface area (Å²) in [6, 6.07) is 4.85. The summed E-state index contributed by atoms with van der Waals surface area (Å²) in [7, 11) is 0. The predicted molar refractivity (Wildman–Crippen MR) is 51.6 cm³/mol. The second-order valence-corrected chi connectivity index (χ2v) is 3.88. The fourth-order valence-electron chi connectivity index (χ4n) is 1.26. The summed E-state index contributed by atoms with van der Waals surface area (Å²) >= 11 is 1.21. The summed E-state index contributed by atoms with van der Waals surface area (Å²) in [5.41, 5.74) is 0. The van der Waals surface area contributed by atoms with E-state index < -0.39 is 6.10 Å². The van der Waals surface area contributed by atoms with E-state index in [1.807, 2.05) is 0 Å². The number of halogens is 1. The molecule has 0 spiro atoms. The van der Waals surface area contributed by atoms with Crippen LogP contribution < -0.4 is 0 Å². The zero-order valence-electron chi connectivity index (χ0n) is 7.31. The van der Waals surface area contributed by atoms with Crippen LogP contribution in [0.1, 0.15) is 16.7 Å². The Kier molecular flexibility index (Phi) is 2.65. The maximum Gasteiger partial charge on any atom is 0.139 e. The molecule has 0 bridgehead atoms. The molecule has 0 aliphatic carbocycles. The number of thiophene rings is 1. The second kappa shape index (κ2) is 3.94. The smallest absolute Gasteiger partial charge is 0.139 e. The van der Waals surface area contributed by atoms with Crippen molar-refractivity contribution in [3.8, 4) is 0 Å². The maximum absolute atomic E-state index is 13.0. The lowest BCUT2D eigenvalue weighted by atomic mass is 10.2. The first-order chi connectivity index (χ1) is 6.77. The minimum Gasteiger partial charge on any atom is -0.469 e. The number of hydrogen-bond donors (Lipinski definition) is 1. The quantitative estimate of drug-likeness (QED) is 0.848. The van der Waals surface area contributed by atoms with Crippen molar-refractivity contribution >= 4 is 11.3 Å². The van der Waals surface area contributed by atoms with E-state index in [0.29, 0.717) is 17.1 Å². The van der Waals surface area contributed by atoms with Crippen LogP contribution in [0.15, 0.2) is 34.3 Å². The molecule has 0 radical (unpaired) electrons. The molecule has 2 heterocycles. The standard InChI is InChI=1S/C10H9FO2S/c11-8-3-5-14-10(8)9(12)6-7-2-1-4-13-7/h1-5,9,12H,6H2. The van der Waals surface area contributed by atoms with Gasteiger partial charge in [0.15, 0.2) is 0 Å². The van der Waals surface area contributed by atoms with E-state index in [9.17, 15) is 9.50 Å². The van der Waals surface area contributed by atoms with Gasteiger partial charge in [0, 0.05) is 6.42 Å². The number of rotatable bonds is 3. The molecule has 2 aromatic heterocycles. The lowest BCUT2D eigenvalue weighted by molar-refractivity contribution is 0.170. The Balaban J connectivity index is 2.10. The van der Waals surface area contributed by atoms with Crippen LogP contribution in [-0.4, -0.2) is 5.11 Å². The highest BCUT2D eigenvalue weighted by Gasteiger charge is 2.15. The molecule has 0 aromatic carbocycles. The van der Waals surface area contributed by atoms with Gasteiger partial charge in [-0.15, -0.1) is 11.3 Å². The van der Waals surface area contributed by atoms with E-state index in [-0.39, 0.29) is 5.82 Å². The minimum atomic E-state index is -0.818. The average Bonchev–Trinajstić information content (AvgIpc) is 2.75. The van der Waals surface area contributed by atoms with Crippen LogP contribution in [0, 0.1) is 5.82 Å². The molecule has 1 atom stereocenters. The van der Waals surface area contributed by atoms with Gasteiger partial charge >= 0.3 is 0 Å². The first kappa shape index (κ1) is 9.43. The largest absolute Gasteiger partial charge is 0.469 e. The van der Waals surface area contributed by atoms with Gasteiger partial charge in [-0.3, -0.25) is 0 Å². The van der Waals surface area contributed by atoms with Crippen LogP contribution in [0.2, 0.25) is 0 Å². The van der Waals surface area contributed by atoms with Crippen LogP contribution in [0.4, 0.5) is 4.39 Å². The van der Waals surface area contributed by atoms with E-state index in [0.717, 1.165) is 0 Å². The van der Waals surface area contributed by atoms with Gasteiger partial charge in [-0.25, -0.2) is 4.39 Å². The molecule has 0 aliphatic heterocycles. The Morgan fingerprint density at radius 2 is 2.36 bits per heavy atom. The Hall–Kier alpha value is -1.13. The zero-order chi connectivity index (χ0) is 9.97. The Morgan fingerprint density at radius 1 is 1.50 bits per heavy atom. The van der Waals surface area contributed by atoms with Crippen LogP contribution in [0.5, 0.6) is 0 Å². The summed E-state index contributed by atoms with van der Waals surface area (Å²) in [4.78, 5) is 0.362. The predicted octanol–water partition coefficient (Wildman–Crippen LogP) is 2.76. The molecule has 1 unspecified atom stereocenters. The van der Waals surface area contributed by atoms with Crippen molar-refractivity contribution < 1.29 is 13.9 Å². The van der Waals surface area contributed by atoms with Crippen molar-refractivity contribution in [2.75, 3.05) is 0 Å². The van der Waals surface area contributed by atoms with Crippen LogP contribution in [0.25, 0.3) is 0 Å². The molecule has 2 rings (SSSR count). The normalized spacial score (nSPS) is 13.0. The number of hydrogen-bond acceptors (Lipinski definition) is 3. The molecule has 0 saturated carbocycles. The van der Waals surface area contributed by atoms with Gasteiger partial charge in [0.1, 0.15) is 11.6 Å². The van der Waals surface area contributed by atoms with E-state index in [2.05, 4.69) is 0 Å². The van der Waals surface area contributed by atoms with Crippen molar-refractivity contribution in [2.45, 2.75) is 12.5 Å². The third-order valence-electron chi connectivity index (χ3n) is 1.92. The lowest BCUT2D eigenvalue weighted by Gasteiger charge is -2.05. The molecule has 1 N–H and O–H groups in total. The molecule has 2 nitrogen and oxygen atoms in total. The van der Waals surface area contributed by atoms with Crippen LogP contribution >= 0.6 is 11.3 Å². The SMILES string of the molecule is OC(Cc1ccco1)c1sccc1F. The number of aliphatic hydroxyl groups excluding tert-OH is 1. The van der Waals surface area contributed by atoms with Crippen molar-refractivity contribution in [3.05, 3.63) is 46.3 Å². The molecule has 0 amide bonds. The van der Waals surface area contributed by atoms with Gasteiger partial charge in [-0.2, -0.15) is 0 Å². The molecule has 0 saturated heterocycles. The summed E-state index contributed by atoms with van der Waals surface area (Å²) in [5.74, 6) is 0.305. The molecule has 2 aromatic rings. The molecular formula is C10H9FO2S. The molecule has 14 heavy (non-hydrogen) atoms. The van der Waals surface area contributed by atoms with Gasteiger partial charge in [0.25, 0.3) is 0 Å². The highest BCUT2D eigenvalue weighted by molar-refractivity contribution is 7.10. The van der Waals surface area contributed by atoms with Crippen molar-refractivity contribution in [1.29, 1.82) is 0 Å². The fourth-order valence-corrected chi connectivity index (χ4v) is 2.01. The molecule has 74 valence electrons. The van der Waals surface area contributed by atoms with Crippen LogP contribution in [-0.2, 0) is 6.42 Å². The molecule has 0 fully saturated rings. The second-order valence-electron chi connectivity index (χ2n) is 2.93. The molecular weight excluding hydrogens is 203 g/mol. The first-order valence-corrected chi connectivity index (χ1v) is 5.08. The van der Waals surface area contributed by atoms with Gasteiger partial charge in [-0.05, 0) is 23.6 Å². The maximum atomic E-state index is 13.0. The summed E-state index contributed by atoms with van der Waals surface area (Å²) in [5, 5.41) is 11.3. The highest BCUT2D eigenvalue weighted by atomic mass is 32.1. The topological polar surface area (TPSA) is 33.4 Å². The van der Waals surface area contributed by atoms with Gasteiger partial charge in [0.2, 0.25) is 0 Å². The van der Waals surface area contributed by atoms with Crippen LogP contribution in [0.3, 0.4) is 0 Å². The van der Waals surface area contributed by atoms with E-state index >= 15 is 0 Å². The zero-order valence-corrected chi connectivity index (χ0v) is 8.13. The third-order valence-corrected chi connectivity index (χ3v) is 2.92. The van der Waals surface area contributed by atoms with Gasteiger partial charge in [-0.1, -0.05) is 0 Å². The Labute approximate surface area is 84.6 Å². The highest BCUT2D eigenvalue weighted by Crippen LogP contribution is 2.25. The summed E-state index contributed by atoms with van der Waals surface area (Å²) in [6.07, 6.45) is 1.03. The third kappa shape index (κ3) is 1.86. The van der Waals surface area contributed by atoms with Gasteiger partial charge in [0.05, 0.1) is 17.2 Å². The summed E-state index contributed by atoms with van der Waals surface area (Å²) < 4.78 is 18.1.